The number of carbonyl (C=O) groups is 2. The molecule has 0 saturated carbocycles. The topological polar surface area (TPSA) is 72.8 Å². The zero-order valence-electron chi connectivity index (χ0n) is 12.7. The van der Waals surface area contributed by atoms with E-state index in [1.165, 1.54) is 7.11 Å². The first kappa shape index (κ1) is 16.0. The largest absolute Gasteiger partial charge is 0.464 e. The summed E-state index contributed by atoms with van der Waals surface area (Å²) in [5.41, 5.74) is 1.36. The summed E-state index contributed by atoms with van der Waals surface area (Å²) >= 11 is 5.92. The molecule has 0 bridgehead atoms. The molecule has 5 nitrogen and oxygen atoms in total. The third kappa shape index (κ3) is 2.86. The van der Waals surface area contributed by atoms with E-state index in [2.05, 4.69) is 4.74 Å². The van der Waals surface area contributed by atoms with Gasteiger partial charge >= 0.3 is 11.8 Å². The molecule has 0 radical (unpaired) electrons. The normalized spacial score (nSPS) is 27.3. The minimum Gasteiger partial charge on any atom is -0.464 e. The van der Waals surface area contributed by atoms with Gasteiger partial charge in [-0.25, -0.2) is 4.79 Å². The Bertz CT molecular complexity index is 679. The molecule has 2 atom stereocenters. The van der Waals surface area contributed by atoms with Gasteiger partial charge in [0.15, 0.2) is 5.78 Å². The third-order valence-electron chi connectivity index (χ3n) is 4.31. The number of carbonyl (C=O) groups excluding carboxylic acids is 2. The fraction of sp³-hybridized carbons (Fsp3) is 0.412. The second-order valence-corrected chi connectivity index (χ2v) is 6.24. The maximum absolute atomic E-state index is 12.4. The van der Waals surface area contributed by atoms with Gasteiger partial charge in [0.05, 0.1) is 7.11 Å². The van der Waals surface area contributed by atoms with Crippen LogP contribution in [0.15, 0.2) is 35.6 Å². The highest BCUT2D eigenvalue weighted by Gasteiger charge is 2.50. The summed E-state index contributed by atoms with van der Waals surface area (Å²) in [7, 11) is 1.19. The lowest BCUT2D eigenvalue weighted by molar-refractivity contribution is -0.222. The van der Waals surface area contributed by atoms with Gasteiger partial charge in [-0.15, -0.1) is 0 Å². The maximum Gasteiger partial charge on any atom is 0.379 e. The van der Waals surface area contributed by atoms with E-state index in [1.54, 1.807) is 24.3 Å². The number of rotatable bonds is 2. The van der Waals surface area contributed by atoms with Crippen molar-refractivity contribution in [3.8, 4) is 0 Å². The van der Waals surface area contributed by atoms with Crippen molar-refractivity contribution in [2.75, 3.05) is 7.11 Å². The molecule has 122 valence electrons. The van der Waals surface area contributed by atoms with E-state index < -0.39 is 17.7 Å². The first-order valence-corrected chi connectivity index (χ1v) is 7.84. The molecule has 0 spiro atoms. The number of Topliss-reactive ketones (excluding diaryl/α,β-unsaturated/α-hetero) is 1. The van der Waals surface area contributed by atoms with Crippen LogP contribution in [0.5, 0.6) is 0 Å². The second-order valence-electron chi connectivity index (χ2n) is 5.80. The second kappa shape index (κ2) is 5.98. The number of esters is 1. The van der Waals surface area contributed by atoms with Crippen LogP contribution < -0.4 is 0 Å². The van der Waals surface area contributed by atoms with Crippen LogP contribution in [0.3, 0.4) is 0 Å². The lowest BCUT2D eigenvalue weighted by Gasteiger charge is -2.39. The number of allylic oxidation sites excluding steroid dienone is 2. The van der Waals surface area contributed by atoms with E-state index in [9.17, 15) is 14.7 Å². The fourth-order valence-corrected chi connectivity index (χ4v) is 3.34. The van der Waals surface area contributed by atoms with Crippen molar-refractivity contribution in [2.45, 2.75) is 37.4 Å². The third-order valence-corrected chi connectivity index (χ3v) is 4.56. The summed E-state index contributed by atoms with van der Waals surface area (Å²) in [6.07, 6.45) is 1.54. The molecule has 3 rings (SSSR count). The van der Waals surface area contributed by atoms with E-state index >= 15 is 0 Å². The predicted molar refractivity (Wildman–Crippen MR) is 82.7 cm³/mol. The molecule has 6 heteroatoms. The Balaban J connectivity index is 2.08. The van der Waals surface area contributed by atoms with Crippen LogP contribution in [0.4, 0.5) is 0 Å². The number of hydrogen-bond donors (Lipinski definition) is 1. The number of benzene rings is 1. The first-order chi connectivity index (χ1) is 10.9. The molecule has 1 aromatic rings. The Morgan fingerprint density at radius 2 is 2.04 bits per heavy atom. The van der Waals surface area contributed by atoms with Crippen molar-refractivity contribution in [2.24, 2.45) is 0 Å². The van der Waals surface area contributed by atoms with Gasteiger partial charge in [-0.1, -0.05) is 23.7 Å². The van der Waals surface area contributed by atoms with Gasteiger partial charge in [0.2, 0.25) is 0 Å². The van der Waals surface area contributed by atoms with Crippen LogP contribution in [0.25, 0.3) is 0 Å². The van der Waals surface area contributed by atoms with E-state index in [0.29, 0.717) is 35.6 Å². The SMILES string of the molecule is COC(=O)C1(O)CC(c2ccc(Cl)cc2)C2=C(CCCC2=O)O1. The molecule has 1 aliphatic heterocycles. The molecule has 1 aliphatic carbocycles. The van der Waals surface area contributed by atoms with Crippen molar-refractivity contribution in [1.82, 2.24) is 0 Å². The van der Waals surface area contributed by atoms with Gasteiger partial charge in [0.25, 0.3) is 0 Å². The maximum atomic E-state index is 12.4. The molecule has 0 fully saturated rings. The van der Waals surface area contributed by atoms with E-state index in [4.69, 9.17) is 16.3 Å². The molecule has 1 N–H and O–H groups in total. The van der Waals surface area contributed by atoms with Gasteiger partial charge in [0, 0.05) is 35.8 Å². The summed E-state index contributed by atoms with van der Waals surface area (Å²) in [4.78, 5) is 24.3. The number of ether oxygens (including phenoxy) is 2. The molecule has 23 heavy (non-hydrogen) atoms. The standard InChI is InChI=1S/C17H17ClO5/c1-22-16(20)17(21)9-12(10-5-7-11(18)8-6-10)15-13(19)3-2-4-14(15)23-17/h5-8,12,21H,2-4,9H2,1H3. The van der Waals surface area contributed by atoms with Gasteiger partial charge in [-0.3, -0.25) is 4.79 Å². The highest BCUT2D eigenvalue weighted by molar-refractivity contribution is 6.30. The highest BCUT2D eigenvalue weighted by atomic mass is 35.5. The fourth-order valence-electron chi connectivity index (χ4n) is 3.22. The van der Waals surface area contributed by atoms with Crippen LogP contribution in [0, 0.1) is 0 Å². The number of hydrogen-bond acceptors (Lipinski definition) is 5. The predicted octanol–water partition coefficient (Wildman–Crippen LogP) is 2.71. The molecule has 2 aliphatic rings. The number of halogens is 1. The zero-order valence-corrected chi connectivity index (χ0v) is 13.4. The minimum absolute atomic E-state index is 0.00174. The van der Waals surface area contributed by atoms with E-state index in [-0.39, 0.29) is 12.2 Å². The molecule has 1 heterocycles. The van der Waals surface area contributed by atoms with Crippen LogP contribution >= 0.6 is 11.6 Å². The first-order valence-electron chi connectivity index (χ1n) is 7.46. The Labute approximate surface area is 138 Å². The number of ketones is 1. The van der Waals surface area contributed by atoms with E-state index in [0.717, 1.165) is 5.56 Å². The van der Waals surface area contributed by atoms with Gasteiger partial charge in [0.1, 0.15) is 5.76 Å². The summed E-state index contributed by atoms with van der Waals surface area (Å²) < 4.78 is 10.2. The average molecular weight is 337 g/mol. The van der Waals surface area contributed by atoms with Gasteiger partial charge in [-0.2, -0.15) is 0 Å². The molecule has 1 aromatic carbocycles. The van der Waals surface area contributed by atoms with Gasteiger partial charge < -0.3 is 14.6 Å². The molecule has 0 aromatic heterocycles. The quantitative estimate of drug-likeness (QED) is 0.841. The molecular formula is C17H17ClO5. The summed E-state index contributed by atoms with van der Waals surface area (Å²) in [6.45, 7) is 0. The van der Waals surface area contributed by atoms with Crippen LogP contribution in [-0.2, 0) is 19.1 Å². The van der Waals surface area contributed by atoms with Crippen molar-refractivity contribution in [3.05, 3.63) is 46.2 Å². The van der Waals surface area contributed by atoms with Crippen molar-refractivity contribution in [3.63, 3.8) is 0 Å². The Kier molecular flexibility index (Phi) is 4.17. The molecular weight excluding hydrogens is 320 g/mol. The molecule has 0 saturated heterocycles. The van der Waals surface area contributed by atoms with Crippen LogP contribution in [0.1, 0.15) is 37.2 Å². The van der Waals surface area contributed by atoms with Crippen molar-refractivity contribution in [1.29, 1.82) is 0 Å². The van der Waals surface area contributed by atoms with Gasteiger partial charge in [-0.05, 0) is 24.1 Å². The highest BCUT2D eigenvalue weighted by Crippen LogP contribution is 2.45. The minimum atomic E-state index is -2.07. The Hall–Kier alpha value is -1.85. The Morgan fingerprint density at radius 3 is 2.70 bits per heavy atom. The monoisotopic (exact) mass is 336 g/mol. The van der Waals surface area contributed by atoms with Crippen LogP contribution in [-0.4, -0.2) is 29.8 Å². The summed E-state index contributed by atoms with van der Waals surface area (Å²) in [5, 5.41) is 11.2. The smallest absolute Gasteiger partial charge is 0.379 e. The van der Waals surface area contributed by atoms with Crippen molar-refractivity contribution < 1.29 is 24.2 Å². The average Bonchev–Trinajstić information content (AvgIpc) is 2.54. The molecule has 0 amide bonds. The molecule has 2 unspecified atom stereocenters. The zero-order chi connectivity index (χ0) is 16.6. The number of aliphatic hydroxyl groups is 1. The summed E-state index contributed by atoms with van der Waals surface area (Å²) in [5.74, 6) is -2.97. The lowest BCUT2D eigenvalue weighted by Crippen LogP contribution is -2.47. The van der Waals surface area contributed by atoms with Crippen LogP contribution in [0.2, 0.25) is 5.02 Å². The lowest BCUT2D eigenvalue weighted by atomic mass is 9.77. The Morgan fingerprint density at radius 1 is 1.35 bits per heavy atom. The summed E-state index contributed by atoms with van der Waals surface area (Å²) in [6, 6.07) is 7.03. The number of methoxy groups -OCH3 is 1. The van der Waals surface area contributed by atoms with E-state index in [1.807, 2.05) is 0 Å². The van der Waals surface area contributed by atoms with Crippen molar-refractivity contribution >= 4 is 23.4 Å².